The monoisotopic (exact) mass is 312 g/mol. The molecule has 0 bridgehead atoms. The Morgan fingerprint density at radius 2 is 1.77 bits per heavy atom. The largest absolute Gasteiger partial charge is 0.372 e. The molecular formula is C14H24N4O4. The fourth-order valence-corrected chi connectivity index (χ4v) is 1.43. The van der Waals surface area contributed by atoms with Crippen molar-refractivity contribution in [3.05, 3.63) is 0 Å². The molecule has 2 amide bonds. The highest BCUT2D eigenvalue weighted by Gasteiger charge is 2.24. The number of amides is 2. The zero-order chi connectivity index (χ0) is 16.6. The van der Waals surface area contributed by atoms with Crippen LogP contribution in [-0.4, -0.2) is 35.3 Å². The van der Waals surface area contributed by atoms with Crippen LogP contribution in [0.5, 0.6) is 0 Å². The van der Waals surface area contributed by atoms with Crippen molar-refractivity contribution in [2.45, 2.75) is 47.0 Å². The van der Waals surface area contributed by atoms with Crippen molar-refractivity contribution < 1.29 is 19.0 Å². The minimum absolute atomic E-state index is 0.0692. The summed E-state index contributed by atoms with van der Waals surface area (Å²) in [6, 6.07) is 0. The summed E-state index contributed by atoms with van der Waals surface area (Å²) in [7, 11) is 0. The van der Waals surface area contributed by atoms with Crippen LogP contribution in [-0.2, 0) is 14.3 Å². The maximum absolute atomic E-state index is 11.9. The van der Waals surface area contributed by atoms with Crippen LogP contribution in [0.1, 0.15) is 47.0 Å². The van der Waals surface area contributed by atoms with E-state index < -0.39 is 5.41 Å². The molecule has 0 aliphatic rings. The summed E-state index contributed by atoms with van der Waals surface area (Å²) in [6.07, 6.45) is 3.08. The molecule has 0 saturated carbocycles. The van der Waals surface area contributed by atoms with Crippen LogP contribution in [0.2, 0.25) is 0 Å². The fourth-order valence-electron chi connectivity index (χ4n) is 1.43. The number of hydrogen-bond acceptors (Lipinski definition) is 6. The molecule has 0 aliphatic carbocycles. The van der Waals surface area contributed by atoms with Gasteiger partial charge < -0.3 is 15.4 Å². The first-order valence-electron chi connectivity index (χ1n) is 7.36. The smallest absolute Gasteiger partial charge is 0.251 e. The van der Waals surface area contributed by atoms with Gasteiger partial charge in [-0.25, -0.2) is 4.63 Å². The lowest BCUT2D eigenvalue weighted by Crippen LogP contribution is -2.28. The highest BCUT2D eigenvalue weighted by atomic mass is 16.6. The standard InChI is InChI=1S/C14H24N4O4/c1-5-6-7-8-21-9-10(19)15-11-12(18-22-17-11)16-13(20)14(2,3)4/h5-9H2,1-4H3,(H,15,17,19)(H,16,18,20). The number of rotatable bonds is 8. The Bertz CT molecular complexity index is 493. The Labute approximate surface area is 129 Å². The maximum Gasteiger partial charge on any atom is 0.251 e. The number of unbranched alkanes of at least 4 members (excludes halogenated alkanes) is 2. The summed E-state index contributed by atoms with van der Waals surface area (Å²) in [4.78, 5) is 23.6. The van der Waals surface area contributed by atoms with Gasteiger partial charge in [0.25, 0.3) is 5.91 Å². The Kier molecular flexibility index (Phi) is 6.97. The number of aromatic nitrogens is 2. The molecule has 0 spiro atoms. The van der Waals surface area contributed by atoms with Crippen LogP contribution in [0, 0.1) is 5.41 Å². The van der Waals surface area contributed by atoms with Gasteiger partial charge in [-0.1, -0.05) is 40.5 Å². The Morgan fingerprint density at radius 3 is 2.36 bits per heavy atom. The van der Waals surface area contributed by atoms with E-state index in [1.54, 1.807) is 20.8 Å². The van der Waals surface area contributed by atoms with Crippen LogP contribution in [0.25, 0.3) is 0 Å². The lowest BCUT2D eigenvalue weighted by Gasteiger charge is -2.16. The average Bonchev–Trinajstić information content (AvgIpc) is 2.84. The number of nitrogens with one attached hydrogen (secondary N) is 2. The van der Waals surface area contributed by atoms with E-state index in [2.05, 4.69) is 32.5 Å². The number of carbonyl (C=O) groups is 2. The molecule has 22 heavy (non-hydrogen) atoms. The van der Waals surface area contributed by atoms with E-state index in [1.807, 2.05) is 0 Å². The third-order valence-electron chi connectivity index (χ3n) is 2.78. The van der Waals surface area contributed by atoms with Crippen molar-refractivity contribution in [1.29, 1.82) is 0 Å². The Morgan fingerprint density at radius 1 is 1.14 bits per heavy atom. The molecule has 0 radical (unpaired) electrons. The molecule has 0 atom stereocenters. The second kappa shape index (κ2) is 8.47. The first kappa shape index (κ1) is 18.1. The molecule has 0 unspecified atom stereocenters. The lowest BCUT2D eigenvalue weighted by atomic mass is 9.96. The van der Waals surface area contributed by atoms with E-state index in [9.17, 15) is 9.59 Å². The number of nitrogens with zero attached hydrogens (tertiary/aromatic N) is 2. The topological polar surface area (TPSA) is 106 Å². The van der Waals surface area contributed by atoms with Crippen LogP contribution in [0.15, 0.2) is 4.63 Å². The van der Waals surface area contributed by atoms with Crippen LogP contribution < -0.4 is 10.6 Å². The second-order valence-electron chi connectivity index (χ2n) is 5.97. The van der Waals surface area contributed by atoms with Gasteiger partial charge in [-0.15, -0.1) is 0 Å². The molecule has 124 valence electrons. The molecule has 0 aliphatic heterocycles. The van der Waals surface area contributed by atoms with E-state index in [0.29, 0.717) is 6.61 Å². The van der Waals surface area contributed by atoms with Crippen LogP contribution in [0.4, 0.5) is 11.6 Å². The summed E-state index contributed by atoms with van der Waals surface area (Å²) in [5, 5.41) is 12.2. The Hall–Kier alpha value is -1.96. The average molecular weight is 312 g/mol. The normalized spacial score (nSPS) is 11.3. The molecule has 1 aromatic heterocycles. The van der Waals surface area contributed by atoms with E-state index in [0.717, 1.165) is 19.3 Å². The number of hydrogen-bond donors (Lipinski definition) is 2. The van der Waals surface area contributed by atoms with Gasteiger partial charge in [0, 0.05) is 12.0 Å². The zero-order valence-corrected chi connectivity index (χ0v) is 13.6. The number of carbonyl (C=O) groups excluding carboxylic acids is 2. The SMILES string of the molecule is CCCCCOCC(=O)Nc1nonc1NC(=O)C(C)(C)C. The molecule has 1 heterocycles. The molecule has 1 aromatic rings. The van der Waals surface area contributed by atoms with Gasteiger partial charge in [-0.3, -0.25) is 9.59 Å². The van der Waals surface area contributed by atoms with Crippen LogP contribution >= 0.6 is 0 Å². The van der Waals surface area contributed by atoms with Crippen molar-refractivity contribution >= 4 is 23.5 Å². The first-order chi connectivity index (χ1) is 10.3. The fraction of sp³-hybridized carbons (Fsp3) is 0.714. The summed E-state index contributed by atoms with van der Waals surface area (Å²) in [5.74, 6) is -0.480. The van der Waals surface area contributed by atoms with Crippen molar-refractivity contribution in [3.63, 3.8) is 0 Å². The van der Waals surface area contributed by atoms with Gasteiger partial charge >= 0.3 is 0 Å². The lowest BCUT2D eigenvalue weighted by molar-refractivity contribution is -0.123. The Balaban J connectivity index is 2.45. The van der Waals surface area contributed by atoms with E-state index in [4.69, 9.17) is 4.74 Å². The third-order valence-corrected chi connectivity index (χ3v) is 2.78. The number of anilines is 2. The molecule has 2 N–H and O–H groups in total. The summed E-state index contributed by atoms with van der Waals surface area (Å²) >= 11 is 0. The van der Waals surface area contributed by atoms with Gasteiger partial charge in [-0.05, 0) is 16.7 Å². The van der Waals surface area contributed by atoms with Gasteiger partial charge in [0.15, 0.2) is 0 Å². The highest BCUT2D eigenvalue weighted by molar-refractivity contribution is 5.99. The summed E-state index contributed by atoms with van der Waals surface area (Å²) in [6.45, 7) is 7.83. The minimum Gasteiger partial charge on any atom is -0.372 e. The van der Waals surface area contributed by atoms with E-state index >= 15 is 0 Å². The second-order valence-corrected chi connectivity index (χ2v) is 5.97. The quantitative estimate of drug-likeness (QED) is 0.713. The van der Waals surface area contributed by atoms with Crippen molar-refractivity contribution in [1.82, 2.24) is 10.3 Å². The minimum atomic E-state index is -0.595. The molecule has 0 fully saturated rings. The van der Waals surface area contributed by atoms with Crippen molar-refractivity contribution in [2.24, 2.45) is 5.41 Å². The van der Waals surface area contributed by atoms with Crippen LogP contribution in [0.3, 0.4) is 0 Å². The summed E-state index contributed by atoms with van der Waals surface area (Å²) in [5.41, 5.74) is -0.595. The number of ether oxygens (including phenoxy) is 1. The van der Waals surface area contributed by atoms with Crippen molar-refractivity contribution in [3.8, 4) is 0 Å². The maximum atomic E-state index is 11.9. The van der Waals surface area contributed by atoms with Gasteiger partial charge in [-0.2, -0.15) is 0 Å². The molecule has 8 nitrogen and oxygen atoms in total. The zero-order valence-electron chi connectivity index (χ0n) is 13.6. The third kappa shape index (κ3) is 6.21. The van der Waals surface area contributed by atoms with Crippen molar-refractivity contribution in [2.75, 3.05) is 23.8 Å². The first-order valence-corrected chi connectivity index (χ1v) is 7.36. The molecule has 8 heteroatoms. The molecule has 0 aromatic carbocycles. The van der Waals surface area contributed by atoms with E-state index in [1.165, 1.54) is 0 Å². The van der Waals surface area contributed by atoms with E-state index in [-0.39, 0.29) is 30.1 Å². The highest BCUT2D eigenvalue weighted by Crippen LogP contribution is 2.20. The molecule has 1 rings (SSSR count). The molecule has 0 saturated heterocycles. The predicted molar refractivity (Wildman–Crippen MR) is 81.4 cm³/mol. The predicted octanol–water partition coefficient (Wildman–Crippen LogP) is 2.20. The summed E-state index contributed by atoms with van der Waals surface area (Å²) < 4.78 is 9.79. The van der Waals surface area contributed by atoms with Gasteiger partial charge in [0.2, 0.25) is 17.5 Å². The van der Waals surface area contributed by atoms with Gasteiger partial charge in [0.05, 0.1) is 0 Å². The van der Waals surface area contributed by atoms with Gasteiger partial charge in [0.1, 0.15) is 6.61 Å². The molecular weight excluding hydrogens is 288 g/mol.